The average Bonchev–Trinajstić information content (AvgIpc) is 3.54. The number of hydrogen-bond donors (Lipinski definition) is 1. The second-order valence-electron chi connectivity index (χ2n) is 8.97. The molecule has 190 valence electrons. The Labute approximate surface area is 211 Å². The van der Waals surface area contributed by atoms with Crippen LogP contribution in [0.15, 0.2) is 48.8 Å². The van der Waals surface area contributed by atoms with Crippen molar-refractivity contribution in [2.75, 3.05) is 27.6 Å². The second kappa shape index (κ2) is 8.88. The summed E-state index contributed by atoms with van der Waals surface area (Å²) in [5.41, 5.74) is 2.41. The van der Waals surface area contributed by atoms with Gasteiger partial charge in [0.2, 0.25) is 12.5 Å². The van der Waals surface area contributed by atoms with Gasteiger partial charge in [-0.15, -0.1) is 0 Å². The predicted molar refractivity (Wildman–Crippen MR) is 126 cm³/mol. The van der Waals surface area contributed by atoms with Crippen molar-refractivity contribution >= 4 is 11.9 Å². The molecular weight excluding hydrogens is 482 g/mol. The molecule has 0 radical (unpaired) electrons. The van der Waals surface area contributed by atoms with E-state index < -0.39 is 35.8 Å². The summed E-state index contributed by atoms with van der Waals surface area (Å²) in [5.74, 6) is -1.33. The number of cyclic esters (lactones) is 1. The van der Waals surface area contributed by atoms with Crippen LogP contribution >= 0.6 is 0 Å². The van der Waals surface area contributed by atoms with Gasteiger partial charge in [0.15, 0.2) is 23.0 Å². The van der Waals surface area contributed by atoms with Crippen molar-refractivity contribution < 1.29 is 43.1 Å². The molecule has 1 aromatic heterocycles. The van der Waals surface area contributed by atoms with Crippen molar-refractivity contribution in [1.82, 2.24) is 4.98 Å². The number of esters is 2. The molecule has 0 unspecified atom stereocenters. The zero-order chi connectivity index (χ0) is 25.7. The van der Waals surface area contributed by atoms with Crippen molar-refractivity contribution in [3.8, 4) is 28.7 Å². The summed E-state index contributed by atoms with van der Waals surface area (Å²) in [6.07, 6.45) is 2.24. The average molecular weight is 505 g/mol. The highest BCUT2D eigenvalue weighted by Crippen LogP contribution is 2.56. The van der Waals surface area contributed by atoms with Crippen LogP contribution in [-0.2, 0) is 14.3 Å². The molecule has 3 aliphatic rings. The van der Waals surface area contributed by atoms with Gasteiger partial charge in [-0.1, -0.05) is 0 Å². The number of aromatic nitrogens is 1. The Bertz CT molecular complexity index is 1370. The molecule has 1 saturated heterocycles. The highest BCUT2D eigenvalue weighted by atomic mass is 16.7. The lowest BCUT2D eigenvalue weighted by Gasteiger charge is -2.38. The van der Waals surface area contributed by atoms with Gasteiger partial charge >= 0.3 is 11.9 Å². The number of phenolic OH excluding ortho intramolecular Hbond substituents is 1. The summed E-state index contributed by atoms with van der Waals surface area (Å²) in [7, 11) is 2.87. The maximum Gasteiger partial charge on any atom is 0.338 e. The molecule has 3 heterocycles. The van der Waals surface area contributed by atoms with Gasteiger partial charge in [0.1, 0.15) is 6.10 Å². The van der Waals surface area contributed by atoms with Crippen LogP contribution in [0.1, 0.15) is 39.1 Å². The number of carbonyl (C=O) groups excluding carboxylic acids is 2. The van der Waals surface area contributed by atoms with Gasteiger partial charge in [-0.2, -0.15) is 0 Å². The number of benzene rings is 2. The van der Waals surface area contributed by atoms with E-state index in [0.717, 1.165) is 0 Å². The smallest absolute Gasteiger partial charge is 0.338 e. The van der Waals surface area contributed by atoms with E-state index in [2.05, 4.69) is 4.98 Å². The van der Waals surface area contributed by atoms with Gasteiger partial charge in [0.25, 0.3) is 0 Å². The van der Waals surface area contributed by atoms with E-state index in [4.69, 9.17) is 28.4 Å². The van der Waals surface area contributed by atoms with E-state index in [1.807, 2.05) is 6.07 Å². The number of ether oxygens (including phenoxy) is 6. The predicted octanol–water partition coefficient (Wildman–Crippen LogP) is 3.37. The van der Waals surface area contributed by atoms with Crippen molar-refractivity contribution in [2.45, 2.75) is 12.0 Å². The fourth-order valence-corrected chi connectivity index (χ4v) is 5.43. The van der Waals surface area contributed by atoms with E-state index in [1.54, 1.807) is 30.3 Å². The van der Waals surface area contributed by atoms with Gasteiger partial charge in [-0.3, -0.25) is 9.78 Å². The lowest BCUT2D eigenvalue weighted by molar-refractivity contribution is -0.141. The molecule has 0 saturated carbocycles. The standard InChI is InChI=1S/C27H23NO9/c1-32-20-7-14(8-21(33-2)24(20)29)22-15-9-18-19(36-12-35-18)10-16(15)25(17-11-34-27(31)23(17)22)37-26(30)13-3-5-28-6-4-13/h3-10,17,22-23,25,29H,11-12H2,1-2H3/t17-,22+,23-,25+/m0/s1. The fourth-order valence-electron chi connectivity index (χ4n) is 5.43. The molecule has 6 rings (SSSR count). The second-order valence-corrected chi connectivity index (χ2v) is 8.97. The normalized spacial score (nSPS) is 23.0. The van der Waals surface area contributed by atoms with E-state index in [9.17, 15) is 14.7 Å². The van der Waals surface area contributed by atoms with Gasteiger partial charge in [0.05, 0.1) is 32.3 Å². The number of methoxy groups -OCH3 is 2. The highest BCUT2D eigenvalue weighted by molar-refractivity contribution is 5.89. The topological polar surface area (TPSA) is 123 Å². The molecule has 3 aromatic rings. The third kappa shape index (κ3) is 3.67. The zero-order valence-electron chi connectivity index (χ0n) is 20.0. The Morgan fingerprint density at radius 2 is 1.62 bits per heavy atom. The molecule has 10 nitrogen and oxygen atoms in total. The first-order valence-corrected chi connectivity index (χ1v) is 11.7. The van der Waals surface area contributed by atoms with Crippen molar-refractivity contribution in [3.05, 3.63) is 71.0 Å². The van der Waals surface area contributed by atoms with Crippen LogP contribution in [0.5, 0.6) is 28.7 Å². The number of fused-ring (bicyclic) bond motifs is 3. The molecule has 0 bridgehead atoms. The minimum absolute atomic E-state index is 0.0557. The monoisotopic (exact) mass is 505 g/mol. The Morgan fingerprint density at radius 3 is 2.27 bits per heavy atom. The molecule has 0 amide bonds. The van der Waals surface area contributed by atoms with Crippen LogP contribution in [0.3, 0.4) is 0 Å². The van der Waals surface area contributed by atoms with Gasteiger partial charge in [-0.05, 0) is 47.5 Å². The number of nitrogens with zero attached hydrogens (tertiary/aromatic N) is 1. The quantitative estimate of drug-likeness (QED) is 0.517. The van der Waals surface area contributed by atoms with Crippen LogP contribution in [0.4, 0.5) is 0 Å². The molecule has 1 fully saturated rings. The Morgan fingerprint density at radius 1 is 0.973 bits per heavy atom. The molecule has 1 aliphatic carbocycles. The highest BCUT2D eigenvalue weighted by Gasteiger charge is 2.54. The SMILES string of the molecule is COc1cc([C@@H]2c3cc4c(cc3[C@@H](OC(=O)c3ccncc3)[C@H]3COC(=O)[C@H]23)OCO4)cc(OC)c1O. The lowest BCUT2D eigenvalue weighted by Crippen LogP contribution is -2.36. The van der Waals surface area contributed by atoms with Crippen LogP contribution in [0, 0.1) is 11.8 Å². The van der Waals surface area contributed by atoms with Gasteiger partial charge in [0, 0.05) is 29.8 Å². The molecule has 10 heteroatoms. The largest absolute Gasteiger partial charge is 0.502 e. The summed E-state index contributed by atoms with van der Waals surface area (Å²) in [5, 5.41) is 10.5. The summed E-state index contributed by atoms with van der Waals surface area (Å²) in [6.45, 7) is 0.134. The molecule has 4 atom stereocenters. The van der Waals surface area contributed by atoms with Crippen molar-refractivity contribution in [3.63, 3.8) is 0 Å². The fraction of sp³-hybridized carbons (Fsp3) is 0.296. The zero-order valence-corrected chi connectivity index (χ0v) is 20.0. The molecule has 2 aliphatic heterocycles. The molecule has 2 aromatic carbocycles. The minimum Gasteiger partial charge on any atom is -0.502 e. The maximum atomic E-state index is 13.2. The maximum absolute atomic E-state index is 13.2. The number of rotatable bonds is 5. The number of hydrogen-bond acceptors (Lipinski definition) is 10. The Hall–Kier alpha value is -4.47. The summed E-state index contributed by atoms with van der Waals surface area (Å²) in [6, 6.07) is 10.1. The first-order chi connectivity index (χ1) is 18.0. The van der Waals surface area contributed by atoms with E-state index >= 15 is 0 Å². The van der Waals surface area contributed by atoms with E-state index in [1.165, 1.54) is 26.6 Å². The number of carbonyl (C=O) groups is 2. The summed E-state index contributed by atoms with van der Waals surface area (Å²) < 4.78 is 33.6. The third-order valence-corrected chi connectivity index (χ3v) is 7.13. The first kappa shape index (κ1) is 23.0. The van der Waals surface area contributed by atoms with Crippen LogP contribution < -0.4 is 18.9 Å². The van der Waals surface area contributed by atoms with E-state index in [-0.39, 0.29) is 30.6 Å². The van der Waals surface area contributed by atoms with Gasteiger partial charge in [-0.25, -0.2) is 4.79 Å². The number of aromatic hydroxyl groups is 1. The summed E-state index contributed by atoms with van der Waals surface area (Å²) in [4.78, 5) is 30.2. The van der Waals surface area contributed by atoms with E-state index in [0.29, 0.717) is 33.8 Å². The number of phenols is 1. The Balaban J connectivity index is 1.53. The third-order valence-electron chi connectivity index (χ3n) is 7.13. The van der Waals surface area contributed by atoms with Crippen LogP contribution in [0.25, 0.3) is 0 Å². The Kier molecular flexibility index (Phi) is 5.51. The lowest BCUT2D eigenvalue weighted by atomic mass is 9.66. The molecule has 37 heavy (non-hydrogen) atoms. The minimum atomic E-state index is -0.779. The van der Waals surface area contributed by atoms with Crippen LogP contribution in [-0.4, -0.2) is 49.6 Å². The molecule has 1 N–H and O–H groups in total. The molecular formula is C27H23NO9. The number of pyridine rings is 1. The molecule has 0 spiro atoms. The van der Waals surface area contributed by atoms with Gasteiger partial charge < -0.3 is 33.5 Å². The van der Waals surface area contributed by atoms with Crippen molar-refractivity contribution in [1.29, 1.82) is 0 Å². The summed E-state index contributed by atoms with van der Waals surface area (Å²) >= 11 is 0. The first-order valence-electron chi connectivity index (χ1n) is 11.7. The van der Waals surface area contributed by atoms with Crippen molar-refractivity contribution in [2.24, 2.45) is 11.8 Å². The van der Waals surface area contributed by atoms with Crippen LogP contribution in [0.2, 0.25) is 0 Å².